The SMILES string of the molecule is CCCNC(=O)[C@H](CC)N(Cc1c(Cl)cccc1Cl)C(=O)CCc1ccc(OCC)c(OCC)c1. The lowest BCUT2D eigenvalue weighted by atomic mass is 10.1. The van der Waals surface area contributed by atoms with Crippen LogP contribution in [0.25, 0.3) is 0 Å². The van der Waals surface area contributed by atoms with Gasteiger partial charge in [0.1, 0.15) is 6.04 Å². The number of benzene rings is 2. The van der Waals surface area contributed by atoms with Crippen LogP contribution in [-0.4, -0.2) is 42.5 Å². The number of rotatable bonds is 14. The minimum atomic E-state index is -0.624. The van der Waals surface area contributed by atoms with Gasteiger partial charge < -0.3 is 19.7 Å². The van der Waals surface area contributed by atoms with E-state index < -0.39 is 6.04 Å². The summed E-state index contributed by atoms with van der Waals surface area (Å²) in [6.07, 6.45) is 2.00. The van der Waals surface area contributed by atoms with Crippen LogP contribution in [0.3, 0.4) is 0 Å². The number of aryl methyl sites for hydroxylation is 1. The van der Waals surface area contributed by atoms with E-state index in [4.69, 9.17) is 32.7 Å². The van der Waals surface area contributed by atoms with Gasteiger partial charge in [-0.1, -0.05) is 49.2 Å². The van der Waals surface area contributed by atoms with Crippen molar-refractivity contribution < 1.29 is 19.1 Å². The number of carbonyl (C=O) groups excluding carboxylic acids is 2. The first-order valence-electron chi connectivity index (χ1n) is 12.2. The van der Waals surface area contributed by atoms with E-state index in [2.05, 4.69) is 5.32 Å². The Labute approximate surface area is 218 Å². The fraction of sp³-hybridized carbons (Fsp3) is 0.481. The maximum Gasteiger partial charge on any atom is 0.242 e. The number of hydrogen-bond acceptors (Lipinski definition) is 4. The second-order valence-electron chi connectivity index (χ2n) is 8.08. The predicted octanol–water partition coefficient (Wildman–Crippen LogP) is 6.06. The van der Waals surface area contributed by atoms with E-state index in [1.807, 2.05) is 45.9 Å². The van der Waals surface area contributed by atoms with Crippen LogP contribution in [0.5, 0.6) is 11.5 Å². The normalized spacial score (nSPS) is 11.6. The predicted molar refractivity (Wildman–Crippen MR) is 141 cm³/mol. The van der Waals surface area contributed by atoms with E-state index in [1.54, 1.807) is 23.1 Å². The third kappa shape index (κ3) is 8.32. The van der Waals surface area contributed by atoms with Crippen LogP contribution >= 0.6 is 23.2 Å². The lowest BCUT2D eigenvalue weighted by molar-refractivity contribution is -0.141. The number of nitrogens with one attached hydrogen (secondary N) is 1. The van der Waals surface area contributed by atoms with Crippen LogP contribution in [0.2, 0.25) is 10.0 Å². The van der Waals surface area contributed by atoms with Crippen LogP contribution in [0.1, 0.15) is 58.1 Å². The standard InChI is InChI=1S/C27H36Cl2N2O4/c1-5-16-30-27(33)23(6-2)31(18-20-21(28)10-9-11-22(20)29)26(32)15-13-19-12-14-24(34-7-3)25(17-19)35-8-4/h9-12,14,17,23H,5-8,13,15-16,18H2,1-4H3,(H,30,33)/t23-/m0/s1. The van der Waals surface area contributed by atoms with E-state index in [9.17, 15) is 9.59 Å². The molecule has 0 aliphatic carbocycles. The molecule has 0 heterocycles. The Kier molecular flexibility index (Phi) is 12.2. The molecule has 0 aromatic heterocycles. The molecule has 0 radical (unpaired) electrons. The summed E-state index contributed by atoms with van der Waals surface area (Å²) in [5.74, 6) is 1.01. The Balaban J connectivity index is 2.27. The highest BCUT2D eigenvalue weighted by Crippen LogP contribution is 2.30. The number of nitrogens with zero attached hydrogens (tertiary/aromatic N) is 1. The van der Waals surface area contributed by atoms with Crippen LogP contribution in [0.15, 0.2) is 36.4 Å². The van der Waals surface area contributed by atoms with Gasteiger partial charge in [0, 0.05) is 35.1 Å². The van der Waals surface area contributed by atoms with E-state index in [-0.39, 0.29) is 24.8 Å². The molecule has 0 saturated heterocycles. The van der Waals surface area contributed by atoms with Gasteiger partial charge in [-0.25, -0.2) is 0 Å². The monoisotopic (exact) mass is 522 g/mol. The Hall–Kier alpha value is -2.44. The summed E-state index contributed by atoms with van der Waals surface area (Å²) in [4.78, 5) is 28.0. The molecule has 1 N–H and O–H groups in total. The first-order chi connectivity index (χ1) is 16.9. The molecule has 8 heteroatoms. The zero-order valence-electron chi connectivity index (χ0n) is 21.0. The van der Waals surface area contributed by atoms with Gasteiger partial charge in [0.15, 0.2) is 11.5 Å². The summed E-state index contributed by atoms with van der Waals surface area (Å²) in [7, 11) is 0. The zero-order chi connectivity index (χ0) is 25.8. The van der Waals surface area contributed by atoms with Crippen molar-refractivity contribution in [3.63, 3.8) is 0 Å². The van der Waals surface area contributed by atoms with Crippen LogP contribution < -0.4 is 14.8 Å². The van der Waals surface area contributed by atoms with Gasteiger partial charge >= 0.3 is 0 Å². The van der Waals surface area contributed by atoms with Crippen molar-refractivity contribution in [2.45, 2.75) is 66.0 Å². The van der Waals surface area contributed by atoms with E-state index in [0.717, 1.165) is 12.0 Å². The van der Waals surface area contributed by atoms with Crippen molar-refractivity contribution in [3.05, 3.63) is 57.6 Å². The fourth-order valence-electron chi connectivity index (χ4n) is 3.79. The van der Waals surface area contributed by atoms with Crippen molar-refractivity contribution in [3.8, 4) is 11.5 Å². The summed E-state index contributed by atoms with van der Waals surface area (Å²) < 4.78 is 11.3. The lowest BCUT2D eigenvalue weighted by Gasteiger charge is -2.31. The molecule has 6 nitrogen and oxygen atoms in total. The fourth-order valence-corrected chi connectivity index (χ4v) is 4.30. The third-order valence-electron chi connectivity index (χ3n) is 5.56. The van der Waals surface area contributed by atoms with E-state index in [0.29, 0.717) is 59.7 Å². The summed E-state index contributed by atoms with van der Waals surface area (Å²) in [6, 6.07) is 10.3. The molecule has 0 bridgehead atoms. The number of ether oxygens (including phenoxy) is 2. The second-order valence-corrected chi connectivity index (χ2v) is 8.90. The van der Waals surface area contributed by atoms with Crippen molar-refractivity contribution in [2.24, 2.45) is 0 Å². The van der Waals surface area contributed by atoms with Gasteiger partial charge in [0.25, 0.3) is 0 Å². The molecule has 0 saturated carbocycles. The van der Waals surface area contributed by atoms with Gasteiger partial charge in [-0.3, -0.25) is 9.59 Å². The van der Waals surface area contributed by atoms with Gasteiger partial charge in [0.2, 0.25) is 11.8 Å². The highest BCUT2D eigenvalue weighted by Gasteiger charge is 2.29. The number of halogens is 2. The van der Waals surface area contributed by atoms with Gasteiger partial charge in [-0.2, -0.15) is 0 Å². The molecule has 0 spiro atoms. The maximum absolute atomic E-state index is 13.5. The topological polar surface area (TPSA) is 67.9 Å². The quantitative estimate of drug-likeness (QED) is 0.327. The number of amides is 2. The average molecular weight is 524 g/mol. The molecule has 0 fully saturated rings. The molecule has 0 aliphatic heterocycles. The highest BCUT2D eigenvalue weighted by atomic mass is 35.5. The first-order valence-corrected chi connectivity index (χ1v) is 13.0. The van der Waals surface area contributed by atoms with Gasteiger partial charge in [0.05, 0.1) is 13.2 Å². The van der Waals surface area contributed by atoms with Crippen molar-refractivity contribution in [2.75, 3.05) is 19.8 Å². The smallest absolute Gasteiger partial charge is 0.242 e. The van der Waals surface area contributed by atoms with Gasteiger partial charge in [-0.05, 0) is 62.9 Å². The summed E-state index contributed by atoms with van der Waals surface area (Å²) in [5, 5.41) is 3.85. The lowest BCUT2D eigenvalue weighted by Crippen LogP contribution is -2.49. The zero-order valence-corrected chi connectivity index (χ0v) is 22.5. The van der Waals surface area contributed by atoms with Crippen LogP contribution in [0.4, 0.5) is 0 Å². The Bertz CT molecular complexity index is 963. The minimum Gasteiger partial charge on any atom is -0.490 e. The molecular formula is C27H36Cl2N2O4. The molecule has 2 amide bonds. The van der Waals surface area contributed by atoms with Crippen LogP contribution in [-0.2, 0) is 22.6 Å². The van der Waals surface area contributed by atoms with Crippen molar-refractivity contribution in [1.82, 2.24) is 10.2 Å². The van der Waals surface area contributed by atoms with Crippen molar-refractivity contribution >= 4 is 35.0 Å². The molecule has 1 atom stereocenters. The largest absolute Gasteiger partial charge is 0.490 e. The molecule has 35 heavy (non-hydrogen) atoms. The summed E-state index contributed by atoms with van der Waals surface area (Å²) in [6.45, 7) is 9.48. The highest BCUT2D eigenvalue weighted by molar-refractivity contribution is 6.36. The third-order valence-corrected chi connectivity index (χ3v) is 6.27. The maximum atomic E-state index is 13.5. The molecule has 192 valence electrons. The summed E-state index contributed by atoms with van der Waals surface area (Å²) >= 11 is 12.8. The van der Waals surface area contributed by atoms with Crippen molar-refractivity contribution in [1.29, 1.82) is 0 Å². The Morgan fingerprint density at radius 2 is 1.63 bits per heavy atom. The van der Waals surface area contributed by atoms with E-state index >= 15 is 0 Å². The summed E-state index contributed by atoms with van der Waals surface area (Å²) in [5.41, 5.74) is 1.58. The first kappa shape index (κ1) is 28.8. The van der Waals surface area contributed by atoms with E-state index in [1.165, 1.54) is 0 Å². The molecule has 2 rings (SSSR count). The second kappa shape index (κ2) is 14.8. The van der Waals surface area contributed by atoms with Crippen LogP contribution in [0, 0.1) is 0 Å². The minimum absolute atomic E-state index is 0.147. The molecule has 0 unspecified atom stereocenters. The average Bonchev–Trinajstić information content (AvgIpc) is 2.84. The molecule has 2 aromatic carbocycles. The molecular weight excluding hydrogens is 487 g/mol. The molecule has 0 aliphatic rings. The number of carbonyl (C=O) groups is 2. The molecule has 2 aromatic rings. The Morgan fingerprint density at radius 1 is 0.971 bits per heavy atom. The number of hydrogen-bond donors (Lipinski definition) is 1. The Morgan fingerprint density at radius 3 is 2.23 bits per heavy atom. The van der Waals surface area contributed by atoms with Gasteiger partial charge in [-0.15, -0.1) is 0 Å².